The van der Waals surface area contributed by atoms with Gasteiger partial charge in [0.1, 0.15) is 5.69 Å². The lowest BCUT2D eigenvalue weighted by atomic mass is 10.2. The molecule has 1 heterocycles. The summed E-state index contributed by atoms with van der Waals surface area (Å²) >= 11 is 0. The van der Waals surface area contributed by atoms with Crippen molar-refractivity contribution >= 4 is 6.29 Å². The Morgan fingerprint density at radius 1 is 1.33 bits per heavy atom. The number of benzene rings is 1. The Labute approximate surface area is 88.4 Å². The molecule has 0 atom stereocenters. The van der Waals surface area contributed by atoms with Crippen molar-refractivity contribution < 1.29 is 4.79 Å². The summed E-state index contributed by atoms with van der Waals surface area (Å²) in [4.78, 5) is 10.6. The maximum absolute atomic E-state index is 10.6. The van der Waals surface area contributed by atoms with Crippen LogP contribution in [-0.2, 0) is 6.54 Å². The molecule has 0 unspecified atom stereocenters. The zero-order valence-electron chi connectivity index (χ0n) is 8.55. The minimum Gasteiger partial charge on any atom is -0.296 e. The summed E-state index contributed by atoms with van der Waals surface area (Å²) in [5.41, 5.74) is 2.62. The van der Waals surface area contributed by atoms with Gasteiger partial charge in [0.2, 0.25) is 0 Å². The number of rotatable bonds is 3. The Hall–Kier alpha value is -1.90. The second-order valence-corrected chi connectivity index (χ2v) is 3.50. The van der Waals surface area contributed by atoms with Gasteiger partial charge in [-0.25, -0.2) is 0 Å². The van der Waals surface area contributed by atoms with Crippen molar-refractivity contribution in [3.05, 3.63) is 53.3 Å². The molecular formula is C12H12N2O. The van der Waals surface area contributed by atoms with E-state index in [1.165, 1.54) is 5.56 Å². The van der Waals surface area contributed by atoms with E-state index in [2.05, 4.69) is 5.10 Å². The van der Waals surface area contributed by atoms with Crippen molar-refractivity contribution in [2.45, 2.75) is 13.5 Å². The fourth-order valence-electron chi connectivity index (χ4n) is 1.50. The normalized spacial score (nSPS) is 10.2. The summed E-state index contributed by atoms with van der Waals surface area (Å²) < 4.78 is 1.79. The maximum Gasteiger partial charge on any atom is 0.170 e. The molecule has 0 N–H and O–H groups in total. The molecule has 0 aliphatic rings. The molecule has 0 saturated heterocycles. The van der Waals surface area contributed by atoms with Crippen LogP contribution in [-0.4, -0.2) is 16.1 Å². The van der Waals surface area contributed by atoms with Crippen LogP contribution in [0.15, 0.2) is 36.5 Å². The van der Waals surface area contributed by atoms with Gasteiger partial charge < -0.3 is 0 Å². The predicted molar refractivity (Wildman–Crippen MR) is 57.9 cm³/mol. The average Bonchev–Trinajstić information content (AvgIpc) is 2.60. The van der Waals surface area contributed by atoms with Gasteiger partial charge in [-0.1, -0.05) is 30.3 Å². The molecule has 0 aliphatic heterocycles. The maximum atomic E-state index is 10.6. The third-order valence-electron chi connectivity index (χ3n) is 2.28. The molecule has 0 spiro atoms. The van der Waals surface area contributed by atoms with Crippen LogP contribution < -0.4 is 0 Å². The van der Waals surface area contributed by atoms with E-state index >= 15 is 0 Å². The quantitative estimate of drug-likeness (QED) is 0.711. The molecule has 0 saturated carbocycles. The van der Waals surface area contributed by atoms with E-state index in [9.17, 15) is 4.79 Å². The molecule has 76 valence electrons. The first-order chi connectivity index (χ1) is 7.29. The Morgan fingerprint density at radius 2 is 2.07 bits per heavy atom. The topological polar surface area (TPSA) is 34.9 Å². The van der Waals surface area contributed by atoms with Crippen LogP contribution in [0, 0.1) is 6.92 Å². The molecule has 1 aromatic carbocycles. The van der Waals surface area contributed by atoms with Gasteiger partial charge in [0.05, 0.1) is 6.54 Å². The Kier molecular flexibility index (Phi) is 2.63. The van der Waals surface area contributed by atoms with E-state index in [0.29, 0.717) is 12.2 Å². The number of hydrogen-bond donors (Lipinski definition) is 0. The van der Waals surface area contributed by atoms with Crippen LogP contribution in [0.25, 0.3) is 0 Å². The van der Waals surface area contributed by atoms with Crippen LogP contribution in [0.3, 0.4) is 0 Å². The molecule has 0 aliphatic carbocycles. The molecule has 1 aromatic heterocycles. The molecule has 2 rings (SSSR count). The number of hydrogen-bond acceptors (Lipinski definition) is 2. The highest BCUT2D eigenvalue weighted by Crippen LogP contribution is 2.06. The summed E-state index contributed by atoms with van der Waals surface area (Å²) in [7, 11) is 0. The van der Waals surface area contributed by atoms with Crippen molar-refractivity contribution in [1.29, 1.82) is 0 Å². The van der Waals surface area contributed by atoms with E-state index in [0.717, 1.165) is 11.8 Å². The van der Waals surface area contributed by atoms with Crippen LogP contribution in [0.5, 0.6) is 0 Å². The highest BCUT2D eigenvalue weighted by atomic mass is 16.1. The van der Waals surface area contributed by atoms with Gasteiger partial charge in [0.15, 0.2) is 6.29 Å². The number of aldehydes is 1. The first kappa shape index (κ1) is 9.65. The Morgan fingerprint density at radius 3 is 2.67 bits per heavy atom. The predicted octanol–water partition coefficient (Wildman–Crippen LogP) is 2.05. The second-order valence-electron chi connectivity index (χ2n) is 3.50. The summed E-state index contributed by atoms with van der Waals surface area (Å²) in [6, 6.07) is 10.0. The summed E-state index contributed by atoms with van der Waals surface area (Å²) in [6.07, 6.45) is 2.67. The van der Waals surface area contributed by atoms with Gasteiger partial charge in [-0.05, 0) is 18.1 Å². The molecular weight excluding hydrogens is 188 g/mol. The smallest absolute Gasteiger partial charge is 0.170 e. The molecule has 3 nitrogen and oxygen atoms in total. The number of carbonyl (C=O) groups excluding carboxylic acids is 1. The van der Waals surface area contributed by atoms with Crippen LogP contribution in [0.2, 0.25) is 0 Å². The van der Waals surface area contributed by atoms with Crippen molar-refractivity contribution in [2.24, 2.45) is 0 Å². The second kappa shape index (κ2) is 4.09. The fourth-order valence-corrected chi connectivity index (χ4v) is 1.50. The monoisotopic (exact) mass is 200 g/mol. The van der Waals surface area contributed by atoms with Gasteiger partial charge in [-0.15, -0.1) is 0 Å². The number of carbonyl (C=O) groups is 1. The van der Waals surface area contributed by atoms with Crippen molar-refractivity contribution in [3.63, 3.8) is 0 Å². The van der Waals surface area contributed by atoms with Crippen molar-refractivity contribution in [3.8, 4) is 0 Å². The van der Waals surface area contributed by atoms with E-state index < -0.39 is 0 Å². The fraction of sp³-hybridized carbons (Fsp3) is 0.167. The Balaban J connectivity index is 2.21. The molecule has 0 amide bonds. The SMILES string of the molecule is Cc1cn(Cc2ccccc2)nc1C=O. The molecule has 2 aromatic rings. The largest absolute Gasteiger partial charge is 0.296 e. The standard InChI is InChI=1S/C12H12N2O/c1-10-7-14(13-12(10)9-15)8-11-5-3-2-4-6-11/h2-7,9H,8H2,1H3. The lowest BCUT2D eigenvalue weighted by Gasteiger charge is -2.00. The highest BCUT2D eigenvalue weighted by molar-refractivity contribution is 5.73. The third-order valence-corrected chi connectivity index (χ3v) is 2.28. The summed E-state index contributed by atoms with van der Waals surface area (Å²) in [5, 5.41) is 4.17. The van der Waals surface area contributed by atoms with Crippen LogP contribution in [0.1, 0.15) is 21.6 Å². The van der Waals surface area contributed by atoms with Crippen LogP contribution >= 0.6 is 0 Å². The van der Waals surface area contributed by atoms with E-state index in [1.54, 1.807) is 4.68 Å². The van der Waals surface area contributed by atoms with Crippen LogP contribution in [0.4, 0.5) is 0 Å². The van der Waals surface area contributed by atoms with Crippen molar-refractivity contribution in [2.75, 3.05) is 0 Å². The minimum absolute atomic E-state index is 0.519. The molecule has 0 fully saturated rings. The Bertz CT molecular complexity index is 460. The third kappa shape index (κ3) is 2.13. The number of nitrogens with zero attached hydrogens (tertiary/aromatic N) is 2. The molecule has 15 heavy (non-hydrogen) atoms. The van der Waals surface area contributed by atoms with E-state index in [4.69, 9.17) is 0 Å². The van der Waals surface area contributed by atoms with Gasteiger partial charge in [-0.3, -0.25) is 9.48 Å². The van der Waals surface area contributed by atoms with Gasteiger partial charge in [-0.2, -0.15) is 5.10 Å². The summed E-state index contributed by atoms with van der Waals surface area (Å²) in [5.74, 6) is 0. The highest BCUT2D eigenvalue weighted by Gasteiger charge is 2.03. The van der Waals surface area contributed by atoms with E-state index in [-0.39, 0.29) is 0 Å². The average molecular weight is 200 g/mol. The van der Waals surface area contributed by atoms with Crippen molar-refractivity contribution in [1.82, 2.24) is 9.78 Å². The lowest BCUT2D eigenvalue weighted by Crippen LogP contribution is -2.00. The first-order valence-electron chi connectivity index (χ1n) is 4.83. The first-order valence-corrected chi connectivity index (χ1v) is 4.83. The summed E-state index contributed by atoms with van der Waals surface area (Å²) in [6.45, 7) is 2.59. The molecule has 0 radical (unpaired) electrons. The number of aryl methyl sites for hydroxylation is 1. The van der Waals surface area contributed by atoms with Gasteiger partial charge in [0.25, 0.3) is 0 Å². The van der Waals surface area contributed by atoms with Gasteiger partial charge in [0, 0.05) is 6.20 Å². The zero-order valence-corrected chi connectivity index (χ0v) is 8.55. The van der Waals surface area contributed by atoms with E-state index in [1.807, 2.05) is 43.5 Å². The lowest BCUT2D eigenvalue weighted by molar-refractivity contribution is 0.111. The zero-order chi connectivity index (χ0) is 10.7. The minimum atomic E-state index is 0.519. The molecule has 3 heteroatoms. The number of aromatic nitrogens is 2. The van der Waals surface area contributed by atoms with Gasteiger partial charge >= 0.3 is 0 Å². The molecule has 0 bridgehead atoms.